The van der Waals surface area contributed by atoms with Gasteiger partial charge in [0.15, 0.2) is 0 Å². The number of thiophene rings is 1. The van der Waals surface area contributed by atoms with Crippen LogP contribution in [0.4, 0.5) is 5.82 Å². The van der Waals surface area contributed by atoms with Crippen molar-refractivity contribution >= 4 is 60.6 Å². The fourth-order valence-corrected chi connectivity index (χ4v) is 3.28. The monoisotopic (exact) mass is 380 g/mol. The van der Waals surface area contributed by atoms with Crippen LogP contribution in [-0.2, 0) is 6.54 Å². The molecule has 2 rings (SSSR count). The molecule has 0 aromatic carbocycles. The smallest absolute Gasteiger partial charge is 0.145 e. The maximum absolute atomic E-state index is 6.04. The maximum Gasteiger partial charge on any atom is 0.145 e. The van der Waals surface area contributed by atoms with E-state index < -0.39 is 0 Å². The molecule has 0 bridgehead atoms. The highest BCUT2D eigenvalue weighted by Crippen LogP contribution is 2.25. The fourth-order valence-electron chi connectivity index (χ4n) is 1.16. The number of nitrogens with one attached hydrogen (secondary N) is 1. The minimum atomic E-state index is 0.616. The molecule has 0 spiro atoms. The molecule has 0 aliphatic rings. The Labute approximate surface area is 119 Å². The van der Waals surface area contributed by atoms with Crippen LogP contribution in [0.1, 0.15) is 4.88 Å². The largest absolute Gasteiger partial charge is 0.364 e. The highest BCUT2D eigenvalue weighted by atomic mass is 79.9. The Morgan fingerprint density at radius 2 is 2.19 bits per heavy atom. The SMILES string of the molecule is Clc1cc(Br)cnc1NCc1ccc(Br)s1. The molecule has 84 valence electrons. The molecule has 0 fully saturated rings. The standard InChI is InChI=1S/C10H7Br2ClN2S/c11-6-3-8(13)10(14-4-6)15-5-7-1-2-9(12)16-7/h1-4H,5H2,(H,14,15). The van der Waals surface area contributed by atoms with Gasteiger partial charge in [-0.2, -0.15) is 0 Å². The van der Waals surface area contributed by atoms with E-state index in [0.29, 0.717) is 10.8 Å². The molecule has 0 aliphatic heterocycles. The van der Waals surface area contributed by atoms with Gasteiger partial charge in [0.25, 0.3) is 0 Å². The van der Waals surface area contributed by atoms with Crippen LogP contribution >= 0.6 is 54.8 Å². The lowest BCUT2D eigenvalue weighted by Gasteiger charge is -2.05. The van der Waals surface area contributed by atoms with Crippen LogP contribution in [0.3, 0.4) is 0 Å². The van der Waals surface area contributed by atoms with Crippen LogP contribution in [0.2, 0.25) is 5.02 Å². The summed E-state index contributed by atoms with van der Waals surface area (Å²) in [6, 6.07) is 5.91. The van der Waals surface area contributed by atoms with Gasteiger partial charge in [-0.15, -0.1) is 11.3 Å². The highest BCUT2D eigenvalue weighted by molar-refractivity contribution is 9.11. The molecule has 2 nitrogen and oxygen atoms in total. The minimum Gasteiger partial charge on any atom is -0.364 e. The van der Waals surface area contributed by atoms with Gasteiger partial charge >= 0.3 is 0 Å². The zero-order chi connectivity index (χ0) is 11.5. The summed E-state index contributed by atoms with van der Waals surface area (Å²) in [4.78, 5) is 5.43. The van der Waals surface area contributed by atoms with Crippen LogP contribution in [0.25, 0.3) is 0 Å². The van der Waals surface area contributed by atoms with Crippen LogP contribution < -0.4 is 5.32 Å². The number of rotatable bonds is 3. The van der Waals surface area contributed by atoms with Gasteiger partial charge in [0.05, 0.1) is 15.4 Å². The van der Waals surface area contributed by atoms with E-state index >= 15 is 0 Å². The number of hydrogen-bond donors (Lipinski definition) is 1. The van der Waals surface area contributed by atoms with Gasteiger partial charge in [-0.25, -0.2) is 4.98 Å². The zero-order valence-corrected chi connectivity index (χ0v) is 12.8. The number of anilines is 1. The summed E-state index contributed by atoms with van der Waals surface area (Å²) >= 11 is 14.5. The van der Waals surface area contributed by atoms with Gasteiger partial charge in [0, 0.05) is 15.5 Å². The van der Waals surface area contributed by atoms with Gasteiger partial charge in [0.2, 0.25) is 0 Å². The molecule has 2 heterocycles. The molecule has 0 radical (unpaired) electrons. The molecule has 6 heteroatoms. The average molecular weight is 383 g/mol. The fraction of sp³-hybridized carbons (Fsp3) is 0.100. The average Bonchev–Trinajstić information content (AvgIpc) is 2.63. The van der Waals surface area contributed by atoms with E-state index in [-0.39, 0.29) is 0 Å². The first-order valence-electron chi connectivity index (χ1n) is 4.44. The van der Waals surface area contributed by atoms with Crippen LogP contribution in [0.5, 0.6) is 0 Å². The first-order valence-corrected chi connectivity index (χ1v) is 7.22. The lowest BCUT2D eigenvalue weighted by Crippen LogP contribution is -2.00. The van der Waals surface area contributed by atoms with E-state index in [4.69, 9.17) is 11.6 Å². The molecule has 1 N–H and O–H groups in total. The van der Waals surface area contributed by atoms with Gasteiger partial charge in [0.1, 0.15) is 5.82 Å². The Morgan fingerprint density at radius 1 is 1.38 bits per heavy atom. The summed E-state index contributed by atoms with van der Waals surface area (Å²) in [5.74, 6) is 0.703. The van der Waals surface area contributed by atoms with Crippen molar-refractivity contribution in [2.24, 2.45) is 0 Å². The zero-order valence-electron chi connectivity index (χ0n) is 8.01. The van der Waals surface area contributed by atoms with E-state index in [1.807, 2.05) is 12.1 Å². The van der Waals surface area contributed by atoms with Crippen LogP contribution in [0.15, 0.2) is 32.7 Å². The molecule has 2 aromatic rings. The normalized spacial score (nSPS) is 10.4. The Balaban J connectivity index is 2.04. The second kappa shape index (κ2) is 5.49. The third-order valence-corrected chi connectivity index (χ3v) is 4.21. The van der Waals surface area contributed by atoms with Gasteiger partial charge in [-0.1, -0.05) is 11.6 Å². The van der Waals surface area contributed by atoms with Gasteiger partial charge in [-0.3, -0.25) is 0 Å². The van der Waals surface area contributed by atoms with Crippen molar-refractivity contribution in [1.29, 1.82) is 0 Å². The first kappa shape index (κ1) is 12.4. The molecule has 2 aromatic heterocycles. The van der Waals surface area contributed by atoms with E-state index in [2.05, 4.69) is 48.2 Å². The molecule has 0 saturated carbocycles. The molecule has 0 saturated heterocycles. The summed E-state index contributed by atoms with van der Waals surface area (Å²) in [6.45, 7) is 0.727. The van der Waals surface area contributed by atoms with Crippen molar-refractivity contribution in [3.8, 4) is 0 Å². The number of hydrogen-bond acceptors (Lipinski definition) is 3. The van der Waals surface area contributed by atoms with Crippen molar-refractivity contribution in [1.82, 2.24) is 4.98 Å². The summed E-state index contributed by atoms with van der Waals surface area (Å²) in [5, 5.41) is 3.81. The maximum atomic E-state index is 6.04. The number of pyridine rings is 1. The number of nitrogens with zero attached hydrogens (tertiary/aromatic N) is 1. The molecule has 0 aliphatic carbocycles. The van der Waals surface area contributed by atoms with Crippen molar-refractivity contribution < 1.29 is 0 Å². The molecule has 0 unspecified atom stereocenters. The second-order valence-corrected chi connectivity index (χ2v) is 6.91. The molecule has 16 heavy (non-hydrogen) atoms. The number of halogens is 3. The summed E-state index contributed by atoms with van der Waals surface area (Å²) in [5.41, 5.74) is 0. The van der Waals surface area contributed by atoms with Crippen molar-refractivity contribution in [2.45, 2.75) is 6.54 Å². The Morgan fingerprint density at radius 3 is 2.81 bits per heavy atom. The lowest BCUT2D eigenvalue weighted by atomic mass is 10.4. The topological polar surface area (TPSA) is 24.9 Å². The summed E-state index contributed by atoms with van der Waals surface area (Å²) < 4.78 is 2.00. The van der Waals surface area contributed by atoms with E-state index in [1.165, 1.54) is 4.88 Å². The Kier molecular flexibility index (Phi) is 4.24. The third-order valence-electron chi connectivity index (χ3n) is 1.87. The molecular formula is C10H7Br2ClN2S. The van der Waals surface area contributed by atoms with Crippen molar-refractivity contribution in [2.75, 3.05) is 5.32 Å². The summed E-state index contributed by atoms with van der Waals surface area (Å²) in [6.07, 6.45) is 1.72. The quantitative estimate of drug-likeness (QED) is 0.814. The minimum absolute atomic E-state index is 0.616. The van der Waals surface area contributed by atoms with Crippen LogP contribution in [0, 0.1) is 0 Å². The second-order valence-electron chi connectivity index (χ2n) is 3.04. The highest BCUT2D eigenvalue weighted by Gasteiger charge is 2.03. The Bertz CT molecular complexity index is 501. The number of aromatic nitrogens is 1. The van der Waals surface area contributed by atoms with E-state index in [1.54, 1.807) is 17.5 Å². The Hall–Kier alpha value is -0.100. The van der Waals surface area contributed by atoms with Crippen LogP contribution in [-0.4, -0.2) is 4.98 Å². The van der Waals surface area contributed by atoms with E-state index in [9.17, 15) is 0 Å². The van der Waals surface area contributed by atoms with E-state index in [0.717, 1.165) is 14.8 Å². The third kappa shape index (κ3) is 3.20. The molecule has 0 amide bonds. The molecule has 0 atom stereocenters. The molecular weight excluding hydrogens is 375 g/mol. The van der Waals surface area contributed by atoms with Gasteiger partial charge in [-0.05, 0) is 50.1 Å². The van der Waals surface area contributed by atoms with Crippen molar-refractivity contribution in [3.63, 3.8) is 0 Å². The van der Waals surface area contributed by atoms with Crippen molar-refractivity contribution in [3.05, 3.63) is 42.6 Å². The van der Waals surface area contributed by atoms with Gasteiger partial charge < -0.3 is 5.32 Å². The predicted molar refractivity (Wildman–Crippen MR) is 76.3 cm³/mol. The lowest BCUT2D eigenvalue weighted by molar-refractivity contribution is 1.14. The predicted octanol–water partition coefficient (Wildman–Crippen LogP) is 4.93. The summed E-state index contributed by atoms with van der Waals surface area (Å²) in [7, 11) is 0. The first-order chi connectivity index (χ1) is 7.65.